The summed E-state index contributed by atoms with van der Waals surface area (Å²) in [4.78, 5) is 0.0848. The number of benzene rings is 1. The molecule has 0 radical (unpaired) electrons. The number of aryl methyl sites for hydroxylation is 2. The Balaban J connectivity index is 2.45. The topological polar surface area (TPSA) is 85.3 Å². The molecule has 0 bridgehead atoms. The number of sulfonamides is 1. The molecule has 1 aromatic heterocycles. The van der Waals surface area contributed by atoms with Crippen molar-refractivity contribution in [3.8, 4) is 0 Å². The van der Waals surface area contributed by atoms with Gasteiger partial charge in [-0.05, 0) is 48.0 Å². The van der Waals surface area contributed by atoms with Crippen molar-refractivity contribution in [1.82, 2.24) is 0 Å². The molecule has 0 aliphatic carbocycles. The van der Waals surface area contributed by atoms with E-state index in [0.717, 1.165) is 0 Å². The van der Waals surface area contributed by atoms with Crippen molar-refractivity contribution in [2.24, 2.45) is 5.73 Å². The van der Waals surface area contributed by atoms with Gasteiger partial charge >= 0.3 is 0 Å². The van der Waals surface area contributed by atoms with E-state index in [0.29, 0.717) is 32.3 Å². The summed E-state index contributed by atoms with van der Waals surface area (Å²) in [6.45, 7) is 3.36. The Morgan fingerprint density at radius 3 is 2.57 bits per heavy atom. The molecule has 3 N–H and O–H groups in total. The number of rotatable bonds is 4. The van der Waals surface area contributed by atoms with E-state index in [1.807, 2.05) is 0 Å². The second-order valence-electron chi connectivity index (χ2n) is 4.46. The van der Waals surface area contributed by atoms with Crippen molar-refractivity contribution >= 4 is 43.2 Å². The number of nitrogens with one attached hydrogen (secondary N) is 1. The lowest BCUT2D eigenvalue weighted by Gasteiger charge is -2.09. The van der Waals surface area contributed by atoms with E-state index in [4.69, 9.17) is 21.8 Å². The van der Waals surface area contributed by atoms with Crippen LogP contribution in [0.1, 0.15) is 17.1 Å². The Morgan fingerprint density at radius 1 is 1.33 bits per heavy atom. The lowest BCUT2D eigenvalue weighted by atomic mass is 10.2. The van der Waals surface area contributed by atoms with Crippen LogP contribution in [-0.2, 0) is 16.6 Å². The zero-order valence-electron chi connectivity index (χ0n) is 11.4. The second-order valence-corrected chi connectivity index (χ2v) is 7.34. The van der Waals surface area contributed by atoms with E-state index in [2.05, 4.69) is 20.7 Å². The maximum atomic E-state index is 12.5. The van der Waals surface area contributed by atoms with Gasteiger partial charge in [0, 0.05) is 16.6 Å². The van der Waals surface area contributed by atoms with Crippen molar-refractivity contribution in [2.45, 2.75) is 25.3 Å². The third-order valence-corrected chi connectivity index (χ3v) is 5.78. The van der Waals surface area contributed by atoms with Crippen LogP contribution in [-0.4, -0.2) is 8.42 Å². The van der Waals surface area contributed by atoms with Gasteiger partial charge in [0.05, 0.1) is 10.7 Å². The van der Waals surface area contributed by atoms with E-state index in [1.165, 1.54) is 6.07 Å². The van der Waals surface area contributed by atoms with Gasteiger partial charge in [0.1, 0.15) is 16.4 Å². The summed E-state index contributed by atoms with van der Waals surface area (Å²) in [5, 5.41) is 0.411. The molecule has 0 spiro atoms. The van der Waals surface area contributed by atoms with Gasteiger partial charge in [0.25, 0.3) is 10.0 Å². The summed E-state index contributed by atoms with van der Waals surface area (Å²) in [7, 11) is -3.79. The SMILES string of the molecule is Cc1oc(C)c(S(=O)(=O)Nc2ccc(Br)c(Cl)c2)c1CN. The molecule has 114 valence electrons. The van der Waals surface area contributed by atoms with Crippen molar-refractivity contribution in [2.75, 3.05) is 4.72 Å². The molecule has 2 rings (SSSR count). The summed E-state index contributed by atoms with van der Waals surface area (Å²) in [6.07, 6.45) is 0. The highest BCUT2D eigenvalue weighted by atomic mass is 79.9. The highest BCUT2D eigenvalue weighted by Gasteiger charge is 2.26. The average molecular weight is 394 g/mol. The van der Waals surface area contributed by atoms with Gasteiger partial charge in [-0.3, -0.25) is 4.72 Å². The van der Waals surface area contributed by atoms with Gasteiger partial charge in [-0.15, -0.1) is 0 Å². The molecule has 1 aromatic carbocycles. The van der Waals surface area contributed by atoms with Gasteiger partial charge in [0.15, 0.2) is 0 Å². The number of furan rings is 1. The molecule has 0 saturated heterocycles. The standard InChI is InChI=1S/C13H14BrClN2O3S/c1-7-10(6-16)13(8(2)20-7)21(18,19)17-9-3-4-11(14)12(15)5-9/h3-5,17H,6,16H2,1-2H3. The fraction of sp³-hybridized carbons (Fsp3) is 0.231. The van der Waals surface area contributed by atoms with Crippen LogP contribution >= 0.6 is 27.5 Å². The minimum absolute atomic E-state index is 0.0838. The normalized spacial score (nSPS) is 11.7. The first-order chi connectivity index (χ1) is 9.76. The molecular formula is C13H14BrClN2O3S. The Kier molecular flexibility index (Phi) is 4.67. The van der Waals surface area contributed by atoms with Gasteiger partial charge in [0.2, 0.25) is 0 Å². The smallest absolute Gasteiger partial charge is 0.265 e. The average Bonchev–Trinajstić information content (AvgIpc) is 2.68. The van der Waals surface area contributed by atoms with Crippen LogP contribution in [0.15, 0.2) is 32.0 Å². The van der Waals surface area contributed by atoms with Crippen molar-refractivity contribution in [3.63, 3.8) is 0 Å². The summed E-state index contributed by atoms with van der Waals surface area (Å²) in [5.41, 5.74) is 6.46. The molecule has 0 saturated carbocycles. The Morgan fingerprint density at radius 2 is 2.00 bits per heavy atom. The fourth-order valence-corrected chi connectivity index (χ4v) is 4.00. The van der Waals surface area contributed by atoms with Crippen LogP contribution in [0.25, 0.3) is 0 Å². The lowest BCUT2D eigenvalue weighted by Crippen LogP contribution is -2.16. The molecule has 8 heteroatoms. The van der Waals surface area contributed by atoms with Crippen LogP contribution in [0.2, 0.25) is 5.02 Å². The van der Waals surface area contributed by atoms with E-state index in [9.17, 15) is 8.42 Å². The second kappa shape index (κ2) is 6.00. The number of halogens is 2. The molecule has 0 fully saturated rings. The molecular weight excluding hydrogens is 380 g/mol. The van der Waals surface area contributed by atoms with Gasteiger partial charge < -0.3 is 10.2 Å². The fourth-order valence-electron chi connectivity index (χ4n) is 2.06. The Hall–Kier alpha value is -1.02. The predicted octanol–water partition coefficient (Wildman–Crippen LogP) is 3.57. The van der Waals surface area contributed by atoms with Crippen molar-refractivity contribution in [3.05, 3.63) is 44.8 Å². The molecule has 5 nitrogen and oxygen atoms in total. The highest BCUT2D eigenvalue weighted by Crippen LogP contribution is 2.30. The summed E-state index contributed by atoms with van der Waals surface area (Å²) in [6, 6.07) is 4.79. The third-order valence-electron chi connectivity index (χ3n) is 2.97. The van der Waals surface area contributed by atoms with Crippen LogP contribution in [0.4, 0.5) is 5.69 Å². The summed E-state index contributed by atoms with van der Waals surface area (Å²) >= 11 is 9.21. The predicted molar refractivity (Wildman–Crippen MR) is 86.0 cm³/mol. The first-order valence-electron chi connectivity index (χ1n) is 6.03. The minimum Gasteiger partial charge on any atom is -0.465 e. The number of anilines is 1. The minimum atomic E-state index is -3.79. The Bertz CT molecular complexity index is 787. The highest BCUT2D eigenvalue weighted by molar-refractivity contribution is 9.10. The maximum absolute atomic E-state index is 12.5. The van der Waals surface area contributed by atoms with E-state index in [-0.39, 0.29) is 11.4 Å². The van der Waals surface area contributed by atoms with Crippen LogP contribution in [0.3, 0.4) is 0 Å². The zero-order valence-corrected chi connectivity index (χ0v) is 14.6. The molecule has 1 heterocycles. The molecule has 0 amide bonds. The molecule has 21 heavy (non-hydrogen) atoms. The number of nitrogens with two attached hydrogens (primary N) is 1. The monoisotopic (exact) mass is 392 g/mol. The van der Waals surface area contributed by atoms with E-state index in [1.54, 1.807) is 26.0 Å². The first kappa shape index (κ1) is 16.4. The molecule has 0 aliphatic heterocycles. The van der Waals surface area contributed by atoms with Crippen molar-refractivity contribution < 1.29 is 12.8 Å². The number of hydrogen-bond donors (Lipinski definition) is 2. The molecule has 0 atom stereocenters. The van der Waals surface area contributed by atoms with Gasteiger partial charge in [-0.1, -0.05) is 11.6 Å². The van der Waals surface area contributed by atoms with Gasteiger partial charge in [-0.25, -0.2) is 8.42 Å². The first-order valence-corrected chi connectivity index (χ1v) is 8.68. The lowest BCUT2D eigenvalue weighted by molar-refractivity contribution is 0.494. The third kappa shape index (κ3) is 3.26. The van der Waals surface area contributed by atoms with Crippen LogP contribution in [0, 0.1) is 13.8 Å². The summed E-state index contributed by atoms with van der Waals surface area (Å²) < 4.78 is 33.6. The molecule has 2 aromatic rings. The Labute approximate surface area is 136 Å². The van der Waals surface area contributed by atoms with Crippen LogP contribution in [0.5, 0.6) is 0 Å². The van der Waals surface area contributed by atoms with Gasteiger partial charge in [-0.2, -0.15) is 0 Å². The van der Waals surface area contributed by atoms with Crippen molar-refractivity contribution in [1.29, 1.82) is 0 Å². The van der Waals surface area contributed by atoms with E-state index < -0.39 is 10.0 Å². The van der Waals surface area contributed by atoms with E-state index >= 15 is 0 Å². The van der Waals surface area contributed by atoms with Crippen LogP contribution < -0.4 is 10.5 Å². The summed E-state index contributed by atoms with van der Waals surface area (Å²) in [5.74, 6) is 0.813. The maximum Gasteiger partial charge on any atom is 0.265 e. The zero-order chi connectivity index (χ0) is 15.8. The number of hydrogen-bond acceptors (Lipinski definition) is 4. The quantitative estimate of drug-likeness (QED) is 0.831. The molecule has 0 aliphatic rings. The molecule has 0 unspecified atom stereocenters. The largest absolute Gasteiger partial charge is 0.465 e.